The quantitative estimate of drug-likeness (QED) is 0.674. The predicted molar refractivity (Wildman–Crippen MR) is 82.5 cm³/mol. The summed E-state index contributed by atoms with van der Waals surface area (Å²) < 4.78 is 0. The maximum Gasteiger partial charge on any atom is 0.315 e. The minimum absolute atomic E-state index is 0.201. The fourth-order valence-electron chi connectivity index (χ4n) is 2.94. The van der Waals surface area contributed by atoms with Gasteiger partial charge in [0, 0.05) is 19.6 Å². The first-order chi connectivity index (χ1) is 9.44. The Bertz CT molecular complexity index is 500. The Morgan fingerprint density at radius 2 is 2.20 bits per heavy atom. The highest BCUT2D eigenvalue weighted by atomic mass is 16.6. The molecule has 5 heteroatoms. The molecule has 1 fully saturated rings. The monoisotopic (exact) mass is 277 g/mol. The first kappa shape index (κ1) is 14.6. The van der Waals surface area contributed by atoms with Crippen molar-refractivity contribution in [2.75, 3.05) is 29.9 Å². The van der Waals surface area contributed by atoms with Gasteiger partial charge in [-0.3, -0.25) is 10.1 Å². The summed E-state index contributed by atoms with van der Waals surface area (Å²) in [4.78, 5) is 13.3. The number of hydrogen-bond donors (Lipinski definition) is 1. The summed E-state index contributed by atoms with van der Waals surface area (Å²) in [6.07, 6.45) is 2.25. The molecule has 1 aliphatic rings. The van der Waals surface area contributed by atoms with Crippen molar-refractivity contribution in [3.05, 3.63) is 28.3 Å². The van der Waals surface area contributed by atoms with E-state index in [9.17, 15) is 10.1 Å². The first-order valence-electron chi connectivity index (χ1n) is 7.21. The van der Waals surface area contributed by atoms with E-state index in [1.54, 1.807) is 6.07 Å². The van der Waals surface area contributed by atoms with Gasteiger partial charge in [-0.05, 0) is 37.3 Å². The molecular weight excluding hydrogens is 254 g/mol. The van der Waals surface area contributed by atoms with Crippen LogP contribution in [0.4, 0.5) is 17.1 Å². The van der Waals surface area contributed by atoms with Crippen LogP contribution in [0.15, 0.2) is 18.2 Å². The van der Waals surface area contributed by atoms with Crippen LogP contribution in [0.5, 0.6) is 0 Å². The lowest BCUT2D eigenvalue weighted by atomic mass is 9.84. The highest BCUT2D eigenvalue weighted by molar-refractivity contribution is 5.77. The molecule has 5 nitrogen and oxygen atoms in total. The molecule has 1 aromatic rings. The van der Waals surface area contributed by atoms with E-state index in [0.717, 1.165) is 25.2 Å². The Balaban J connectivity index is 2.40. The van der Waals surface area contributed by atoms with Crippen LogP contribution < -0.4 is 10.2 Å². The van der Waals surface area contributed by atoms with Crippen LogP contribution in [0.3, 0.4) is 0 Å². The van der Waals surface area contributed by atoms with Crippen molar-refractivity contribution >= 4 is 17.1 Å². The number of nitrogens with zero attached hydrogens (tertiary/aromatic N) is 2. The zero-order valence-electron chi connectivity index (χ0n) is 12.5. The minimum Gasteiger partial charge on any atom is -0.380 e. The maximum absolute atomic E-state index is 11.5. The van der Waals surface area contributed by atoms with Crippen LogP contribution in [-0.4, -0.2) is 24.6 Å². The third-order valence-corrected chi connectivity index (χ3v) is 3.81. The van der Waals surface area contributed by atoms with Gasteiger partial charge in [0.2, 0.25) is 0 Å². The molecule has 0 atom stereocenters. The second kappa shape index (κ2) is 5.69. The van der Waals surface area contributed by atoms with Crippen molar-refractivity contribution in [2.24, 2.45) is 5.41 Å². The summed E-state index contributed by atoms with van der Waals surface area (Å²) >= 11 is 0. The van der Waals surface area contributed by atoms with Crippen LogP contribution in [0.2, 0.25) is 0 Å². The summed E-state index contributed by atoms with van der Waals surface area (Å²) in [5.41, 5.74) is 1.76. The Morgan fingerprint density at radius 1 is 1.45 bits per heavy atom. The second-order valence-corrected chi connectivity index (χ2v) is 6.15. The minimum atomic E-state index is -0.269. The van der Waals surface area contributed by atoms with Gasteiger partial charge >= 0.3 is 5.69 Å². The topological polar surface area (TPSA) is 58.4 Å². The molecule has 1 aromatic carbocycles. The SMILES string of the molecule is CCNc1cccc(N2CCCC(C)(C)C2)c1[N+](=O)[O-]. The van der Waals surface area contributed by atoms with Gasteiger partial charge < -0.3 is 10.2 Å². The third kappa shape index (κ3) is 3.03. The molecule has 1 heterocycles. The fraction of sp³-hybridized carbons (Fsp3) is 0.600. The van der Waals surface area contributed by atoms with Crippen LogP contribution in [0.25, 0.3) is 0 Å². The zero-order valence-corrected chi connectivity index (χ0v) is 12.5. The normalized spacial score (nSPS) is 17.9. The Morgan fingerprint density at radius 3 is 2.80 bits per heavy atom. The van der Waals surface area contributed by atoms with E-state index < -0.39 is 0 Å². The first-order valence-corrected chi connectivity index (χ1v) is 7.21. The van der Waals surface area contributed by atoms with Gasteiger partial charge in [-0.2, -0.15) is 0 Å². The second-order valence-electron chi connectivity index (χ2n) is 6.15. The number of para-hydroxylation sites is 1. The Kier molecular flexibility index (Phi) is 4.16. The van der Waals surface area contributed by atoms with Crippen molar-refractivity contribution in [3.8, 4) is 0 Å². The van der Waals surface area contributed by atoms with E-state index in [0.29, 0.717) is 12.2 Å². The van der Waals surface area contributed by atoms with Gasteiger partial charge in [0.15, 0.2) is 0 Å². The number of piperidine rings is 1. The summed E-state index contributed by atoms with van der Waals surface area (Å²) in [6, 6.07) is 5.53. The van der Waals surface area contributed by atoms with E-state index >= 15 is 0 Å². The Labute approximate surface area is 120 Å². The van der Waals surface area contributed by atoms with Crippen molar-refractivity contribution in [3.63, 3.8) is 0 Å². The summed E-state index contributed by atoms with van der Waals surface area (Å²) in [6.45, 7) is 8.82. The summed E-state index contributed by atoms with van der Waals surface area (Å²) in [7, 11) is 0. The molecule has 0 saturated carbocycles. The number of rotatable bonds is 4. The lowest BCUT2D eigenvalue weighted by Crippen LogP contribution is -2.40. The highest BCUT2D eigenvalue weighted by Crippen LogP contribution is 2.39. The lowest BCUT2D eigenvalue weighted by Gasteiger charge is -2.39. The molecule has 0 radical (unpaired) electrons. The number of benzene rings is 1. The number of nitro benzene ring substituents is 1. The molecule has 0 amide bonds. The molecule has 0 unspecified atom stereocenters. The van der Waals surface area contributed by atoms with E-state index in [4.69, 9.17) is 0 Å². The number of hydrogen-bond acceptors (Lipinski definition) is 4. The molecule has 1 saturated heterocycles. The number of anilines is 2. The van der Waals surface area contributed by atoms with Gasteiger partial charge in [0.25, 0.3) is 0 Å². The van der Waals surface area contributed by atoms with Crippen molar-refractivity contribution in [1.82, 2.24) is 0 Å². The molecule has 0 spiro atoms. The molecule has 0 aliphatic carbocycles. The fourth-order valence-corrected chi connectivity index (χ4v) is 2.94. The van der Waals surface area contributed by atoms with E-state index in [1.165, 1.54) is 6.42 Å². The molecule has 0 bridgehead atoms. The largest absolute Gasteiger partial charge is 0.380 e. The standard InChI is InChI=1S/C15H23N3O2/c1-4-16-12-7-5-8-13(14(12)18(19)20)17-10-6-9-15(2,3)11-17/h5,7-8,16H,4,6,9-11H2,1-3H3. The average molecular weight is 277 g/mol. The van der Waals surface area contributed by atoms with Gasteiger partial charge in [0.1, 0.15) is 11.4 Å². The maximum atomic E-state index is 11.5. The summed E-state index contributed by atoms with van der Waals surface area (Å²) in [5.74, 6) is 0. The van der Waals surface area contributed by atoms with Crippen molar-refractivity contribution < 1.29 is 4.92 Å². The third-order valence-electron chi connectivity index (χ3n) is 3.81. The zero-order chi connectivity index (χ0) is 14.8. The molecule has 20 heavy (non-hydrogen) atoms. The van der Waals surface area contributed by atoms with E-state index in [2.05, 4.69) is 24.1 Å². The lowest BCUT2D eigenvalue weighted by molar-refractivity contribution is -0.383. The summed E-state index contributed by atoms with van der Waals surface area (Å²) in [5, 5.41) is 14.5. The van der Waals surface area contributed by atoms with E-state index in [-0.39, 0.29) is 16.0 Å². The van der Waals surface area contributed by atoms with Crippen LogP contribution >= 0.6 is 0 Å². The van der Waals surface area contributed by atoms with Crippen LogP contribution in [0.1, 0.15) is 33.6 Å². The number of nitrogens with one attached hydrogen (secondary N) is 1. The molecular formula is C15H23N3O2. The van der Waals surface area contributed by atoms with Gasteiger partial charge in [0.05, 0.1) is 4.92 Å². The van der Waals surface area contributed by atoms with E-state index in [1.807, 2.05) is 19.1 Å². The molecule has 0 aromatic heterocycles. The predicted octanol–water partition coefficient (Wildman–Crippen LogP) is 3.65. The Hall–Kier alpha value is -1.78. The van der Waals surface area contributed by atoms with Gasteiger partial charge in [-0.25, -0.2) is 0 Å². The molecule has 1 aliphatic heterocycles. The molecule has 110 valence electrons. The van der Waals surface area contributed by atoms with Gasteiger partial charge in [-0.15, -0.1) is 0 Å². The van der Waals surface area contributed by atoms with Crippen LogP contribution in [-0.2, 0) is 0 Å². The average Bonchev–Trinajstić information content (AvgIpc) is 2.37. The van der Waals surface area contributed by atoms with Gasteiger partial charge in [-0.1, -0.05) is 19.9 Å². The van der Waals surface area contributed by atoms with Crippen molar-refractivity contribution in [2.45, 2.75) is 33.6 Å². The van der Waals surface area contributed by atoms with Crippen LogP contribution in [0, 0.1) is 15.5 Å². The number of nitro groups is 1. The molecule has 2 rings (SSSR count). The smallest absolute Gasteiger partial charge is 0.315 e. The highest BCUT2D eigenvalue weighted by Gasteiger charge is 2.31. The molecule has 1 N–H and O–H groups in total. The van der Waals surface area contributed by atoms with Crippen molar-refractivity contribution in [1.29, 1.82) is 0 Å².